The van der Waals surface area contributed by atoms with Gasteiger partial charge >= 0.3 is 0 Å². The summed E-state index contributed by atoms with van der Waals surface area (Å²) in [5.41, 5.74) is 0.935. The molecule has 0 aromatic carbocycles. The molecule has 3 aliphatic heterocycles. The third-order valence-electron chi connectivity index (χ3n) is 6.35. The number of piperidine rings is 1. The number of fused-ring (bicyclic) bond motifs is 3. The summed E-state index contributed by atoms with van der Waals surface area (Å²) in [5.74, 6) is 2.53. The van der Waals surface area contributed by atoms with Crippen molar-refractivity contribution in [3.05, 3.63) is 18.1 Å². The van der Waals surface area contributed by atoms with E-state index in [4.69, 9.17) is 0 Å². The van der Waals surface area contributed by atoms with Crippen molar-refractivity contribution in [2.75, 3.05) is 31.1 Å². The molecule has 2 atom stereocenters. The Balaban J connectivity index is 1.21. The van der Waals surface area contributed by atoms with Crippen LogP contribution in [0.2, 0.25) is 0 Å². The second-order valence-electron chi connectivity index (χ2n) is 8.27. The summed E-state index contributed by atoms with van der Waals surface area (Å²) >= 11 is 0. The SMILES string of the molecule is Cc1cc(N2CCN(C(=O)CC3CC4CCC(C3)N4)CC2)n2ncnc2n1. The summed E-state index contributed by atoms with van der Waals surface area (Å²) in [7, 11) is 0. The molecule has 2 bridgehead atoms. The molecule has 8 nitrogen and oxygen atoms in total. The molecule has 2 aromatic heterocycles. The fourth-order valence-electron chi connectivity index (χ4n) is 5.04. The van der Waals surface area contributed by atoms with Gasteiger partial charge in [0.25, 0.3) is 5.78 Å². The van der Waals surface area contributed by atoms with Crippen molar-refractivity contribution in [3.63, 3.8) is 0 Å². The van der Waals surface area contributed by atoms with Crippen molar-refractivity contribution in [2.45, 2.75) is 51.1 Å². The largest absolute Gasteiger partial charge is 0.353 e. The Hall–Kier alpha value is -2.22. The molecule has 8 heteroatoms. The topological polar surface area (TPSA) is 78.7 Å². The first-order chi connectivity index (χ1) is 13.2. The minimum Gasteiger partial charge on any atom is -0.353 e. The Kier molecular flexibility index (Phi) is 4.22. The predicted octanol–water partition coefficient (Wildman–Crippen LogP) is 1.00. The monoisotopic (exact) mass is 369 g/mol. The molecule has 3 fully saturated rings. The standard InChI is InChI=1S/C19H27N7O/c1-13-8-17(26-19(22-13)20-12-21-26)24-4-6-25(7-5-24)18(27)11-14-9-15-2-3-16(10-14)23-15/h8,12,14-16,23H,2-7,9-11H2,1H3. The zero-order chi connectivity index (χ0) is 18.4. The first kappa shape index (κ1) is 16.9. The molecule has 2 unspecified atom stereocenters. The van der Waals surface area contributed by atoms with E-state index in [9.17, 15) is 4.79 Å². The number of nitrogens with one attached hydrogen (secondary N) is 1. The number of carbonyl (C=O) groups is 1. The third kappa shape index (κ3) is 3.26. The molecule has 3 aliphatic rings. The number of anilines is 1. The molecule has 1 N–H and O–H groups in total. The number of aromatic nitrogens is 4. The molecule has 0 saturated carbocycles. The van der Waals surface area contributed by atoms with Crippen LogP contribution in [0.15, 0.2) is 12.4 Å². The van der Waals surface area contributed by atoms with Crippen LogP contribution in [0.4, 0.5) is 5.82 Å². The van der Waals surface area contributed by atoms with Crippen LogP contribution in [0.1, 0.15) is 37.8 Å². The predicted molar refractivity (Wildman–Crippen MR) is 102 cm³/mol. The van der Waals surface area contributed by atoms with Gasteiger partial charge < -0.3 is 15.1 Å². The van der Waals surface area contributed by atoms with Crippen LogP contribution in [-0.4, -0.2) is 68.7 Å². The van der Waals surface area contributed by atoms with Crippen LogP contribution in [0.3, 0.4) is 0 Å². The summed E-state index contributed by atoms with van der Waals surface area (Å²) in [6, 6.07) is 3.35. The van der Waals surface area contributed by atoms with Crippen molar-refractivity contribution in [3.8, 4) is 0 Å². The highest BCUT2D eigenvalue weighted by atomic mass is 16.2. The van der Waals surface area contributed by atoms with Gasteiger partial charge in [-0.2, -0.15) is 14.6 Å². The first-order valence-electron chi connectivity index (χ1n) is 10.1. The summed E-state index contributed by atoms with van der Waals surface area (Å²) < 4.78 is 1.79. The maximum atomic E-state index is 12.8. The van der Waals surface area contributed by atoms with Gasteiger partial charge in [-0.3, -0.25) is 4.79 Å². The van der Waals surface area contributed by atoms with Gasteiger partial charge in [-0.15, -0.1) is 0 Å². The molecule has 144 valence electrons. The molecule has 3 saturated heterocycles. The maximum absolute atomic E-state index is 12.8. The molecule has 1 amide bonds. The van der Waals surface area contributed by atoms with Crippen LogP contribution in [-0.2, 0) is 4.79 Å². The van der Waals surface area contributed by atoms with Gasteiger partial charge in [0, 0.05) is 56.4 Å². The molecule has 5 rings (SSSR count). The molecule has 27 heavy (non-hydrogen) atoms. The van der Waals surface area contributed by atoms with E-state index in [-0.39, 0.29) is 0 Å². The summed E-state index contributed by atoms with van der Waals surface area (Å²) in [6.07, 6.45) is 7.17. The summed E-state index contributed by atoms with van der Waals surface area (Å²) in [4.78, 5) is 25.8. The van der Waals surface area contributed by atoms with Crippen LogP contribution >= 0.6 is 0 Å². The Morgan fingerprint density at radius 1 is 1.19 bits per heavy atom. The van der Waals surface area contributed by atoms with E-state index in [1.165, 1.54) is 32.0 Å². The molecular weight excluding hydrogens is 342 g/mol. The highest BCUT2D eigenvalue weighted by Gasteiger charge is 2.35. The normalized spacial score (nSPS) is 28.1. The highest BCUT2D eigenvalue weighted by molar-refractivity contribution is 5.76. The Morgan fingerprint density at radius 2 is 1.93 bits per heavy atom. The van der Waals surface area contributed by atoms with Crippen LogP contribution in [0.5, 0.6) is 0 Å². The summed E-state index contributed by atoms with van der Waals surface area (Å²) in [6.45, 7) is 5.16. The van der Waals surface area contributed by atoms with Gasteiger partial charge in [-0.05, 0) is 38.5 Å². The lowest BCUT2D eigenvalue weighted by atomic mass is 9.89. The van der Waals surface area contributed by atoms with E-state index in [1.807, 2.05) is 17.9 Å². The van der Waals surface area contributed by atoms with Crippen molar-refractivity contribution >= 4 is 17.5 Å². The first-order valence-corrected chi connectivity index (χ1v) is 10.1. The van der Waals surface area contributed by atoms with Gasteiger partial charge in [-0.25, -0.2) is 4.98 Å². The number of carbonyl (C=O) groups excluding carboxylic acids is 1. The summed E-state index contributed by atoms with van der Waals surface area (Å²) in [5, 5.41) is 7.97. The van der Waals surface area contributed by atoms with Crippen molar-refractivity contribution < 1.29 is 4.79 Å². The van der Waals surface area contributed by atoms with Gasteiger partial charge in [-0.1, -0.05) is 0 Å². The average Bonchev–Trinajstić information content (AvgIpc) is 3.27. The fraction of sp³-hybridized carbons (Fsp3) is 0.684. The quantitative estimate of drug-likeness (QED) is 0.870. The molecule has 2 aromatic rings. The number of rotatable bonds is 3. The van der Waals surface area contributed by atoms with Crippen LogP contribution in [0.25, 0.3) is 5.78 Å². The zero-order valence-corrected chi connectivity index (χ0v) is 15.8. The highest BCUT2D eigenvalue weighted by Crippen LogP contribution is 2.33. The van der Waals surface area contributed by atoms with Crippen molar-refractivity contribution in [2.24, 2.45) is 5.92 Å². The lowest BCUT2D eigenvalue weighted by Crippen LogP contribution is -2.50. The second kappa shape index (κ2) is 6.74. The number of aryl methyl sites for hydroxylation is 1. The van der Waals surface area contributed by atoms with Crippen molar-refractivity contribution in [1.29, 1.82) is 0 Å². The van der Waals surface area contributed by atoms with Gasteiger partial charge in [0.05, 0.1) is 0 Å². The number of hydrogen-bond donors (Lipinski definition) is 1. The van der Waals surface area contributed by atoms with Crippen molar-refractivity contribution in [1.82, 2.24) is 29.8 Å². The van der Waals surface area contributed by atoms with E-state index in [1.54, 1.807) is 4.52 Å². The Bertz CT molecular complexity index is 830. The number of piperazine rings is 1. The lowest BCUT2D eigenvalue weighted by Gasteiger charge is -2.37. The average molecular weight is 369 g/mol. The smallest absolute Gasteiger partial charge is 0.254 e. The van der Waals surface area contributed by atoms with Gasteiger partial charge in [0.15, 0.2) is 0 Å². The van der Waals surface area contributed by atoms with Gasteiger partial charge in [0.2, 0.25) is 5.91 Å². The fourth-order valence-corrected chi connectivity index (χ4v) is 5.04. The Morgan fingerprint density at radius 3 is 2.67 bits per heavy atom. The van der Waals surface area contributed by atoms with E-state index in [0.717, 1.165) is 44.1 Å². The minimum absolute atomic E-state index is 0.331. The number of amides is 1. The Labute approximate surface area is 158 Å². The molecular formula is C19H27N7O. The van der Waals surface area contributed by atoms with E-state index < -0.39 is 0 Å². The van der Waals surface area contributed by atoms with Gasteiger partial charge in [0.1, 0.15) is 12.1 Å². The zero-order valence-electron chi connectivity index (χ0n) is 15.8. The van der Waals surface area contributed by atoms with Crippen LogP contribution in [0, 0.1) is 12.8 Å². The minimum atomic E-state index is 0.331. The molecule has 0 radical (unpaired) electrons. The third-order valence-corrected chi connectivity index (χ3v) is 6.35. The molecule has 5 heterocycles. The van der Waals surface area contributed by atoms with E-state index in [0.29, 0.717) is 29.7 Å². The molecule has 0 aliphatic carbocycles. The lowest BCUT2D eigenvalue weighted by molar-refractivity contribution is -0.132. The van der Waals surface area contributed by atoms with E-state index >= 15 is 0 Å². The number of hydrogen-bond acceptors (Lipinski definition) is 6. The van der Waals surface area contributed by atoms with E-state index in [2.05, 4.69) is 25.3 Å². The maximum Gasteiger partial charge on any atom is 0.254 e. The molecule has 0 spiro atoms. The van der Waals surface area contributed by atoms with Crippen LogP contribution < -0.4 is 10.2 Å². The number of nitrogens with zero attached hydrogens (tertiary/aromatic N) is 6. The second-order valence-corrected chi connectivity index (χ2v) is 8.27.